The summed E-state index contributed by atoms with van der Waals surface area (Å²) in [7, 11) is 2.34. The maximum Gasteiger partial charge on any atom is 0.172 e. The average molecular weight is 360 g/mol. The van der Waals surface area contributed by atoms with Gasteiger partial charge in [0.25, 0.3) is 0 Å². The maximum absolute atomic E-state index is 6.23. The number of aromatic nitrogens is 2. The molecule has 0 bridgehead atoms. The van der Waals surface area contributed by atoms with Crippen molar-refractivity contribution in [3.63, 3.8) is 0 Å². The van der Waals surface area contributed by atoms with Crippen molar-refractivity contribution in [2.75, 3.05) is 44.3 Å². The molecule has 0 aromatic carbocycles. The number of anilines is 2. The van der Waals surface area contributed by atoms with Crippen molar-refractivity contribution >= 4 is 29.4 Å². The molecule has 1 aliphatic rings. The molecular formula is C16H27Cl2N5. The molecule has 7 heteroatoms. The number of nitrogen functional groups attached to an aromatic ring is 1. The molecule has 23 heavy (non-hydrogen) atoms. The summed E-state index contributed by atoms with van der Waals surface area (Å²) in [6.07, 6.45) is 2.71. The van der Waals surface area contributed by atoms with Crippen molar-refractivity contribution in [2.24, 2.45) is 0 Å². The van der Waals surface area contributed by atoms with E-state index in [-0.39, 0.29) is 24.8 Å². The molecule has 1 aliphatic heterocycles. The second-order valence-electron chi connectivity index (χ2n) is 6.59. The molecule has 2 aromatic rings. The first-order valence-corrected chi connectivity index (χ1v) is 7.82. The Morgan fingerprint density at radius 3 is 2.57 bits per heavy atom. The summed E-state index contributed by atoms with van der Waals surface area (Å²) in [6.45, 7) is 8.81. The molecule has 0 atom stereocenters. The number of rotatable bonds is 4. The van der Waals surface area contributed by atoms with Crippen LogP contribution in [0.15, 0.2) is 12.1 Å². The van der Waals surface area contributed by atoms with E-state index in [0.717, 1.165) is 35.8 Å². The lowest BCUT2D eigenvalue weighted by Gasteiger charge is -2.29. The van der Waals surface area contributed by atoms with Crippen LogP contribution in [0, 0.1) is 13.8 Å². The van der Waals surface area contributed by atoms with E-state index < -0.39 is 0 Å². The number of likely N-dealkylation sites (tertiary alicyclic amines) is 1. The number of likely N-dealkylation sites (N-methyl/N-ethyl adjacent to an activating group) is 1. The Kier molecular flexibility index (Phi) is 6.57. The number of nitrogens with one attached hydrogen (secondary N) is 1. The van der Waals surface area contributed by atoms with Gasteiger partial charge in [-0.25, -0.2) is 4.52 Å². The van der Waals surface area contributed by atoms with Gasteiger partial charge in [-0.3, -0.25) is 0 Å². The predicted molar refractivity (Wildman–Crippen MR) is 94.8 cm³/mol. The molecule has 0 spiro atoms. The van der Waals surface area contributed by atoms with Crippen molar-refractivity contribution in [3.8, 4) is 0 Å². The number of nitrogens with zero attached hydrogens (tertiary/aromatic N) is 3. The van der Waals surface area contributed by atoms with Gasteiger partial charge in [0.1, 0.15) is 5.69 Å². The van der Waals surface area contributed by atoms with E-state index in [1.165, 1.54) is 36.0 Å². The minimum absolute atomic E-state index is 0. The second-order valence-corrected chi connectivity index (χ2v) is 6.59. The van der Waals surface area contributed by atoms with E-state index in [1.807, 2.05) is 10.6 Å². The van der Waals surface area contributed by atoms with E-state index in [9.17, 15) is 0 Å². The Balaban J connectivity index is 0.00000132. The smallest absolute Gasteiger partial charge is 0.172 e. The van der Waals surface area contributed by atoms with Gasteiger partial charge in [-0.1, -0.05) is 6.07 Å². The van der Waals surface area contributed by atoms with Crippen LogP contribution < -0.4 is 23.5 Å². The first-order valence-electron chi connectivity index (χ1n) is 7.82. The fourth-order valence-corrected chi connectivity index (χ4v) is 3.25. The number of hydrogen-bond donors (Lipinski definition) is 2. The zero-order chi connectivity index (χ0) is 15.0. The van der Waals surface area contributed by atoms with Gasteiger partial charge in [0.05, 0.1) is 38.7 Å². The minimum Gasteiger partial charge on any atom is -1.00 e. The highest BCUT2D eigenvalue weighted by atomic mass is 35.5. The molecule has 0 amide bonds. The quantitative estimate of drug-likeness (QED) is 0.731. The molecule has 0 aliphatic carbocycles. The summed E-state index contributed by atoms with van der Waals surface area (Å²) in [5.74, 6) is 0.814. The summed E-state index contributed by atoms with van der Waals surface area (Å²) >= 11 is 0. The fraction of sp³-hybridized carbons (Fsp3) is 0.562. The third-order valence-electron chi connectivity index (χ3n) is 4.93. The average Bonchev–Trinajstić information content (AvgIpc) is 3.01. The lowest BCUT2D eigenvalue weighted by Crippen LogP contribution is -3.00. The summed E-state index contributed by atoms with van der Waals surface area (Å²) in [4.78, 5) is 0. The van der Waals surface area contributed by atoms with Crippen LogP contribution in [0.2, 0.25) is 0 Å². The summed E-state index contributed by atoms with van der Waals surface area (Å²) < 4.78 is 3.11. The number of quaternary nitrogens is 1. The van der Waals surface area contributed by atoms with Crippen molar-refractivity contribution in [3.05, 3.63) is 23.4 Å². The van der Waals surface area contributed by atoms with Crippen molar-refractivity contribution < 1.29 is 16.9 Å². The zero-order valence-corrected chi connectivity index (χ0v) is 15.7. The van der Waals surface area contributed by atoms with Crippen molar-refractivity contribution in [1.29, 1.82) is 0 Å². The highest BCUT2D eigenvalue weighted by Crippen LogP contribution is 2.25. The number of fused-ring (bicyclic) bond motifs is 1. The molecule has 5 nitrogen and oxygen atoms in total. The van der Waals surface area contributed by atoms with Gasteiger partial charge >= 0.3 is 0 Å². The summed E-state index contributed by atoms with van der Waals surface area (Å²) in [5, 5.41) is 8.06. The zero-order valence-electron chi connectivity index (χ0n) is 14.1. The molecule has 1 saturated heterocycles. The van der Waals surface area contributed by atoms with Gasteiger partial charge in [0.2, 0.25) is 0 Å². The molecule has 0 radical (unpaired) electrons. The van der Waals surface area contributed by atoms with Crippen LogP contribution in [-0.2, 0) is 0 Å². The highest BCUT2D eigenvalue weighted by Gasteiger charge is 2.26. The van der Waals surface area contributed by atoms with Crippen LogP contribution in [0.4, 0.5) is 11.5 Å². The van der Waals surface area contributed by atoms with Crippen LogP contribution in [0.5, 0.6) is 0 Å². The van der Waals surface area contributed by atoms with E-state index in [0.29, 0.717) is 0 Å². The summed E-state index contributed by atoms with van der Waals surface area (Å²) in [5.41, 5.74) is 10.3. The monoisotopic (exact) mass is 359 g/mol. The molecule has 3 N–H and O–H groups in total. The number of halogens is 2. The molecule has 2 aromatic heterocycles. The molecular weight excluding hydrogens is 333 g/mol. The van der Waals surface area contributed by atoms with Gasteiger partial charge in [-0.15, -0.1) is 17.5 Å². The number of hydrogen-bond acceptors (Lipinski definition) is 3. The maximum atomic E-state index is 6.23. The third-order valence-corrected chi connectivity index (χ3v) is 4.93. The lowest BCUT2D eigenvalue weighted by molar-refractivity contribution is -0.895. The van der Waals surface area contributed by atoms with Gasteiger partial charge in [-0.05, 0) is 25.5 Å². The largest absolute Gasteiger partial charge is 1.00 e. The topological polar surface area (TPSA) is 55.3 Å². The minimum atomic E-state index is 0. The first kappa shape index (κ1) is 19.9. The first-order chi connectivity index (χ1) is 10.0. The van der Waals surface area contributed by atoms with E-state index in [2.05, 4.69) is 37.4 Å². The molecule has 130 valence electrons. The van der Waals surface area contributed by atoms with Crippen LogP contribution >= 0.6 is 12.4 Å². The second kappa shape index (κ2) is 7.60. The SMILES string of the molecule is Cc1ccc2c(N)c(NCC[N+]3(C)CCCC3)nn2c1C.Cl.[Cl-]. The van der Waals surface area contributed by atoms with E-state index in [4.69, 9.17) is 5.73 Å². The molecule has 1 fully saturated rings. The standard InChI is InChI=1S/C16H26N5.2ClH/c1-12-6-7-14-15(17)16(19-20(14)13(12)2)18-8-11-21(3)9-4-5-10-21;;/h6-7H,4-5,8-11,17H2,1-3H3,(H,18,19);2*1H/q+1;;/p-1. The predicted octanol–water partition coefficient (Wildman–Crippen LogP) is -0.389. The van der Waals surface area contributed by atoms with Gasteiger partial charge in [0, 0.05) is 18.5 Å². The third kappa shape index (κ3) is 3.84. The van der Waals surface area contributed by atoms with Crippen LogP contribution in [0.25, 0.3) is 5.52 Å². The van der Waals surface area contributed by atoms with E-state index >= 15 is 0 Å². The van der Waals surface area contributed by atoms with Crippen LogP contribution in [0.3, 0.4) is 0 Å². The Hall–Kier alpha value is -1.17. The summed E-state index contributed by atoms with van der Waals surface area (Å²) in [6, 6.07) is 4.15. The van der Waals surface area contributed by atoms with Crippen molar-refractivity contribution in [1.82, 2.24) is 9.61 Å². The lowest BCUT2D eigenvalue weighted by atomic mass is 10.2. The van der Waals surface area contributed by atoms with Crippen LogP contribution in [0.1, 0.15) is 24.1 Å². The highest BCUT2D eigenvalue weighted by molar-refractivity contribution is 5.85. The fourth-order valence-electron chi connectivity index (χ4n) is 3.25. The molecule has 3 heterocycles. The Bertz CT molecular complexity index is 662. The molecule has 3 rings (SSSR count). The Labute approximate surface area is 150 Å². The van der Waals surface area contributed by atoms with Crippen LogP contribution in [-0.4, -0.2) is 47.3 Å². The normalized spacial score (nSPS) is 16.0. The van der Waals surface area contributed by atoms with Gasteiger partial charge in [-0.2, -0.15) is 0 Å². The molecule has 0 saturated carbocycles. The molecule has 0 unspecified atom stereocenters. The van der Waals surface area contributed by atoms with E-state index in [1.54, 1.807) is 0 Å². The number of aryl methyl sites for hydroxylation is 2. The van der Waals surface area contributed by atoms with Gasteiger partial charge in [0.15, 0.2) is 5.82 Å². The van der Waals surface area contributed by atoms with Crippen molar-refractivity contribution in [2.45, 2.75) is 26.7 Å². The Morgan fingerprint density at radius 2 is 1.91 bits per heavy atom. The van der Waals surface area contributed by atoms with Gasteiger partial charge < -0.3 is 27.9 Å². The number of nitrogens with two attached hydrogens (primary N) is 1. The Morgan fingerprint density at radius 1 is 1.26 bits per heavy atom. The number of pyridine rings is 1.